The number of hydrogen-bond donors (Lipinski definition) is 2. The highest BCUT2D eigenvalue weighted by Crippen LogP contribution is 2.30. The molecule has 0 saturated heterocycles. The van der Waals surface area contributed by atoms with Gasteiger partial charge in [-0.05, 0) is 23.8 Å². The molecule has 2 aromatic carbocycles. The largest absolute Gasteiger partial charge is 0.368 e. The fourth-order valence-electron chi connectivity index (χ4n) is 2.81. The molecule has 120 valence electrons. The maximum absolute atomic E-state index is 10.7. The van der Waals surface area contributed by atoms with Gasteiger partial charge in [0.15, 0.2) is 6.23 Å². The summed E-state index contributed by atoms with van der Waals surface area (Å²) < 4.78 is 1.04. The van der Waals surface area contributed by atoms with Crippen molar-refractivity contribution >= 4 is 22.0 Å². The average Bonchev–Trinajstić information content (AvgIpc) is 3.05. The molecule has 0 saturated carbocycles. The molecule has 0 aliphatic carbocycles. The van der Waals surface area contributed by atoms with Gasteiger partial charge in [-0.15, -0.1) is 0 Å². The molecule has 1 atom stereocenters. The van der Waals surface area contributed by atoms with Gasteiger partial charge in [-0.2, -0.15) is 0 Å². The molecule has 0 radical (unpaired) electrons. The fourth-order valence-corrected chi connectivity index (χ4v) is 3.07. The second-order valence-electron chi connectivity index (χ2n) is 5.74. The Morgan fingerprint density at radius 3 is 2.58 bits per heavy atom. The quantitative estimate of drug-likeness (QED) is 0.710. The summed E-state index contributed by atoms with van der Waals surface area (Å²) in [5.74, 6) is 0.773. The summed E-state index contributed by atoms with van der Waals surface area (Å²) in [6.45, 7) is 0.623. The van der Waals surface area contributed by atoms with Crippen LogP contribution in [0.3, 0.4) is 0 Å². The summed E-state index contributed by atoms with van der Waals surface area (Å²) in [4.78, 5) is 9.76. The Labute approximate surface area is 148 Å². The van der Waals surface area contributed by atoms with Crippen molar-refractivity contribution in [3.05, 3.63) is 82.2 Å². The molecule has 5 heteroatoms. The SMILES string of the molecule is OC1c2nc(-c3ccccc3)[nH]c2C=CN1Cc1ccc(Br)cc1. The second kappa shape index (κ2) is 6.26. The predicted octanol–water partition coefficient (Wildman–Crippen LogP) is 4.32. The number of fused-ring (bicyclic) bond motifs is 1. The van der Waals surface area contributed by atoms with Crippen LogP contribution in [0.25, 0.3) is 17.5 Å². The van der Waals surface area contributed by atoms with Crippen LogP contribution in [-0.4, -0.2) is 20.0 Å². The molecule has 0 fully saturated rings. The summed E-state index contributed by atoms with van der Waals surface area (Å²) in [6.07, 6.45) is 3.10. The van der Waals surface area contributed by atoms with E-state index in [1.807, 2.05) is 71.8 Å². The number of hydrogen-bond acceptors (Lipinski definition) is 3. The molecular formula is C19H16BrN3O. The standard InChI is InChI=1S/C19H16BrN3O/c20-15-8-6-13(7-9-15)12-23-11-10-16-17(19(23)24)22-18(21-16)14-4-2-1-3-5-14/h1-11,19,24H,12H2,(H,21,22). The van der Waals surface area contributed by atoms with E-state index < -0.39 is 6.23 Å². The Bertz CT molecular complexity index is 871. The molecule has 0 amide bonds. The number of aliphatic hydroxyl groups excluding tert-OH is 1. The maximum Gasteiger partial charge on any atom is 0.172 e. The predicted molar refractivity (Wildman–Crippen MR) is 97.7 cm³/mol. The summed E-state index contributed by atoms with van der Waals surface area (Å²) >= 11 is 3.44. The lowest BCUT2D eigenvalue weighted by atomic mass is 10.1. The maximum atomic E-state index is 10.7. The number of aromatic nitrogens is 2. The fraction of sp³-hybridized carbons (Fsp3) is 0.105. The molecule has 3 aromatic rings. The smallest absolute Gasteiger partial charge is 0.172 e. The number of halogens is 1. The van der Waals surface area contributed by atoms with Crippen molar-refractivity contribution in [3.63, 3.8) is 0 Å². The Balaban J connectivity index is 1.59. The highest BCUT2D eigenvalue weighted by Gasteiger charge is 2.25. The minimum atomic E-state index is -0.762. The summed E-state index contributed by atoms with van der Waals surface area (Å²) in [5.41, 5.74) is 3.65. The first kappa shape index (κ1) is 15.2. The van der Waals surface area contributed by atoms with Crippen molar-refractivity contribution in [2.45, 2.75) is 12.8 Å². The molecule has 1 unspecified atom stereocenters. The van der Waals surface area contributed by atoms with Crippen molar-refractivity contribution < 1.29 is 5.11 Å². The summed E-state index contributed by atoms with van der Waals surface area (Å²) in [5, 5.41) is 10.7. The van der Waals surface area contributed by atoms with E-state index in [1.165, 1.54) is 0 Å². The minimum absolute atomic E-state index is 0.623. The first-order valence-electron chi connectivity index (χ1n) is 7.72. The lowest BCUT2D eigenvalue weighted by Crippen LogP contribution is -2.26. The Hall–Kier alpha value is -2.37. The van der Waals surface area contributed by atoms with Crippen LogP contribution in [0.15, 0.2) is 65.3 Å². The van der Waals surface area contributed by atoms with Crippen LogP contribution in [0.5, 0.6) is 0 Å². The number of aliphatic hydroxyl groups is 1. The van der Waals surface area contributed by atoms with Crippen molar-refractivity contribution in [1.82, 2.24) is 14.9 Å². The van der Waals surface area contributed by atoms with Crippen LogP contribution in [0.2, 0.25) is 0 Å². The van der Waals surface area contributed by atoms with E-state index in [-0.39, 0.29) is 0 Å². The third-order valence-corrected chi connectivity index (χ3v) is 4.61. The van der Waals surface area contributed by atoms with Crippen LogP contribution in [0.4, 0.5) is 0 Å². The number of benzene rings is 2. The highest BCUT2D eigenvalue weighted by atomic mass is 79.9. The Kier molecular flexibility index (Phi) is 3.96. The normalized spacial score (nSPS) is 16.2. The van der Waals surface area contributed by atoms with Gasteiger partial charge in [-0.1, -0.05) is 58.4 Å². The molecule has 0 bridgehead atoms. The molecule has 4 rings (SSSR count). The lowest BCUT2D eigenvalue weighted by molar-refractivity contribution is 0.0263. The van der Waals surface area contributed by atoms with Crippen LogP contribution >= 0.6 is 15.9 Å². The van der Waals surface area contributed by atoms with Gasteiger partial charge >= 0.3 is 0 Å². The molecule has 2 heterocycles. The number of H-pyrrole nitrogens is 1. The minimum Gasteiger partial charge on any atom is -0.368 e. The van der Waals surface area contributed by atoms with E-state index in [1.54, 1.807) is 0 Å². The zero-order valence-corrected chi connectivity index (χ0v) is 14.4. The van der Waals surface area contributed by atoms with E-state index in [4.69, 9.17) is 0 Å². The molecule has 0 spiro atoms. The number of nitrogens with one attached hydrogen (secondary N) is 1. The zero-order chi connectivity index (χ0) is 16.5. The van der Waals surface area contributed by atoms with E-state index in [0.29, 0.717) is 12.2 Å². The lowest BCUT2D eigenvalue weighted by Gasteiger charge is -2.28. The van der Waals surface area contributed by atoms with Gasteiger partial charge in [-0.3, -0.25) is 0 Å². The van der Waals surface area contributed by atoms with Gasteiger partial charge in [0.05, 0.1) is 5.69 Å². The topological polar surface area (TPSA) is 52.2 Å². The van der Waals surface area contributed by atoms with Crippen LogP contribution in [0.1, 0.15) is 23.2 Å². The number of aromatic amines is 1. The molecular weight excluding hydrogens is 366 g/mol. The molecule has 2 N–H and O–H groups in total. The van der Waals surface area contributed by atoms with Gasteiger partial charge in [-0.25, -0.2) is 4.98 Å². The molecule has 1 aliphatic heterocycles. The summed E-state index contributed by atoms with van der Waals surface area (Å²) in [7, 11) is 0. The van der Waals surface area contributed by atoms with Crippen LogP contribution < -0.4 is 0 Å². The highest BCUT2D eigenvalue weighted by molar-refractivity contribution is 9.10. The molecule has 24 heavy (non-hydrogen) atoms. The van der Waals surface area contributed by atoms with Gasteiger partial charge in [0.2, 0.25) is 0 Å². The van der Waals surface area contributed by atoms with Gasteiger partial charge in [0, 0.05) is 22.8 Å². The number of imidazole rings is 1. The van der Waals surface area contributed by atoms with Crippen molar-refractivity contribution in [1.29, 1.82) is 0 Å². The molecule has 1 aromatic heterocycles. The van der Waals surface area contributed by atoms with Gasteiger partial charge < -0.3 is 15.0 Å². The van der Waals surface area contributed by atoms with Gasteiger partial charge in [0.25, 0.3) is 0 Å². The molecule has 1 aliphatic rings. The Morgan fingerprint density at radius 1 is 1.08 bits per heavy atom. The van der Waals surface area contributed by atoms with Crippen LogP contribution in [-0.2, 0) is 6.54 Å². The molecule has 4 nitrogen and oxygen atoms in total. The number of nitrogens with zero attached hydrogens (tertiary/aromatic N) is 2. The van der Waals surface area contributed by atoms with Crippen molar-refractivity contribution in [3.8, 4) is 11.4 Å². The Morgan fingerprint density at radius 2 is 1.83 bits per heavy atom. The first-order valence-corrected chi connectivity index (χ1v) is 8.52. The monoisotopic (exact) mass is 381 g/mol. The van der Waals surface area contributed by atoms with E-state index in [9.17, 15) is 5.11 Å². The van der Waals surface area contributed by atoms with Crippen molar-refractivity contribution in [2.24, 2.45) is 0 Å². The van der Waals surface area contributed by atoms with E-state index >= 15 is 0 Å². The van der Waals surface area contributed by atoms with E-state index in [2.05, 4.69) is 25.9 Å². The van der Waals surface area contributed by atoms with E-state index in [0.717, 1.165) is 27.1 Å². The van der Waals surface area contributed by atoms with Crippen molar-refractivity contribution in [2.75, 3.05) is 0 Å². The van der Waals surface area contributed by atoms with Gasteiger partial charge in [0.1, 0.15) is 11.5 Å². The average molecular weight is 382 g/mol. The third-order valence-electron chi connectivity index (χ3n) is 4.08. The van der Waals surface area contributed by atoms with Crippen LogP contribution in [0, 0.1) is 0 Å². The third kappa shape index (κ3) is 2.88. The second-order valence-corrected chi connectivity index (χ2v) is 6.65. The summed E-state index contributed by atoms with van der Waals surface area (Å²) in [6, 6.07) is 18.0. The number of rotatable bonds is 3. The first-order chi connectivity index (χ1) is 11.7. The zero-order valence-electron chi connectivity index (χ0n) is 12.9.